The number of likely N-dealkylation sites (tertiary alicyclic amines) is 1. The minimum atomic E-state index is -0.916. The fourth-order valence-electron chi connectivity index (χ4n) is 2.42. The van der Waals surface area contributed by atoms with Crippen LogP contribution >= 0.6 is 0 Å². The first-order valence-corrected chi connectivity index (χ1v) is 6.24. The maximum Gasteiger partial charge on any atom is 0.323 e. The number of aliphatic carboxylic acids is 1. The summed E-state index contributed by atoms with van der Waals surface area (Å²) in [6, 6.07) is 2.66. The van der Waals surface area contributed by atoms with E-state index in [2.05, 4.69) is 0 Å². The summed E-state index contributed by atoms with van der Waals surface area (Å²) in [4.78, 5) is 34.9. The van der Waals surface area contributed by atoms with Gasteiger partial charge in [-0.2, -0.15) is 0 Å². The van der Waals surface area contributed by atoms with Crippen LogP contribution in [0.5, 0.6) is 0 Å². The Kier molecular flexibility index (Phi) is 3.73. The van der Waals surface area contributed by atoms with Crippen LogP contribution in [0.3, 0.4) is 0 Å². The number of amides is 1. The average Bonchev–Trinajstić information content (AvgIpc) is 2.80. The molecule has 1 N–H and O–H groups in total. The summed E-state index contributed by atoms with van der Waals surface area (Å²) in [5.41, 5.74) is 0.197. The number of carbonyl (C=O) groups excluding carboxylic acids is 1. The minimum Gasteiger partial charge on any atom is -0.481 e. The van der Waals surface area contributed by atoms with Crippen molar-refractivity contribution in [2.45, 2.75) is 12.8 Å². The molecule has 0 saturated carbocycles. The Morgan fingerprint density at radius 3 is 2.70 bits per heavy atom. The van der Waals surface area contributed by atoms with Gasteiger partial charge < -0.3 is 20.1 Å². The quantitative estimate of drug-likeness (QED) is 0.653. The lowest BCUT2D eigenvalue weighted by molar-refractivity contribution is -0.391. The van der Waals surface area contributed by atoms with Crippen molar-refractivity contribution in [3.63, 3.8) is 0 Å². The molecule has 1 saturated heterocycles. The molecule has 0 bridgehead atoms. The van der Waals surface area contributed by atoms with E-state index in [1.54, 1.807) is 0 Å². The number of carbonyl (C=O) groups is 2. The van der Waals surface area contributed by atoms with E-state index in [0.717, 1.165) is 0 Å². The Balaban J connectivity index is 2.19. The standard InChI is InChI=1S/C12H15N3O5/c1-13-9(4-5-10(13)15(19)20)11(16)14-6-2-3-8(7-14)12(17)18/h4-5,8H,2-3,6-7H2,1H3,(H,17,18)/t8-/m1/s1. The molecule has 20 heavy (non-hydrogen) atoms. The van der Waals surface area contributed by atoms with Gasteiger partial charge in [-0.3, -0.25) is 9.59 Å². The van der Waals surface area contributed by atoms with Crippen LogP contribution in [0.25, 0.3) is 0 Å². The Morgan fingerprint density at radius 1 is 1.45 bits per heavy atom. The second-order valence-electron chi connectivity index (χ2n) is 4.82. The molecule has 1 aromatic heterocycles. The van der Waals surface area contributed by atoms with Crippen molar-refractivity contribution in [2.75, 3.05) is 13.1 Å². The summed E-state index contributed by atoms with van der Waals surface area (Å²) >= 11 is 0. The Morgan fingerprint density at radius 2 is 2.15 bits per heavy atom. The molecule has 1 aromatic rings. The van der Waals surface area contributed by atoms with Crippen molar-refractivity contribution in [2.24, 2.45) is 13.0 Å². The fourth-order valence-corrected chi connectivity index (χ4v) is 2.42. The maximum absolute atomic E-state index is 12.3. The first kappa shape index (κ1) is 14.0. The lowest BCUT2D eigenvalue weighted by Crippen LogP contribution is -2.42. The van der Waals surface area contributed by atoms with Crippen LogP contribution in [-0.4, -0.2) is 44.5 Å². The van der Waals surface area contributed by atoms with E-state index in [0.29, 0.717) is 19.4 Å². The van der Waals surface area contributed by atoms with Crippen molar-refractivity contribution in [3.8, 4) is 0 Å². The van der Waals surface area contributed by atoms with E-state index < -0.39 is 16.8 Å². The average molecular weight is 281 g/mol. The lowest BCUT2D eigenvalue weighted by Gasteiger charge is -2.30. The van der Waals surface area contributed by atoms with Gasteiger partial charge in [0.1, 0.15) is 0 Å². The van der Waals surface area contributed by atoms with E-state index in [4.69, 9.17) is 5.11 Å². The molecular formula is C12H15N3O5. The van der Waals surface area contributed by atoms with E-state index in [1.165, 1.54) is 28.6 Å². The molecule has 1 atom stereocenters. The van der Waals surface area contributed by atoms with Crippen molar-refractivity contribution in [3.05, 3.63) is 27.9 Å². The molecule has 8 nitrogen and oxygen atoms in total. The zero-order valence-corrected chi connectivity index (χ0v) is 11.0. The van der Waals surface area contributed by atoms with E-state index in [1.807, 2.05) is 0 Å². The van der Waals surface area contributed by atoms with E-state index in [-0.39, 0.29) is 24.0 Å². The molecule has 1 amide bonds. The molecule has 0 unspecified atom stereocenters. The molecule has 1 fully saturated rings. The molecule has 0 aliphatic carbocycles. The third-order valence-electron chi connectivity index (χ3n) is 3.56. The molecule has 2 heterocycles. The second-order valence-corrected chi connectivity index (χ2v) is 4.82. The Labute approximate surface area is 114 Å². The van der Waals surface area contributed by atoms with Gasteiger partial charge in [-0.25, -0.2) is 4.57 Å². The van der Waals surface area contributed by atoms with Gasteiger partial charge >= 0.3 is 11.8 Å². The number of piperidine rings is 1. The summed E-state index contributed by atoms with van der Waals surface area (Å²) in [6.45, 7) is 0.620. The monoisotopic (exact) mass is 281 g/mol. The maximum atomic E-state index is 12.3. The van der Waals surface area contributed by atoms with Crippen LogP contribution in [0.15, 0.2) is 12.1 Å². The van der Waals surface area contributed by atoms with Crippen molar-refractivity contribution in [1.82, 2.24) is 9.47 Å². The van der Waals surface area contributed by atoms with Gasteiger partial charge in [0.15, 0.2) is 5.69 Å². The molecule has 1 aliphatic rings. The lowest BCUT2D eigenvalue weighted by atomic mass is 9.98. The molecule has 8 heteroatoms. The number of carboxylic acid groups (broad SMARTS) is 1. The van der Waals surface area contributed by atoms with Crippen LogP contribution in [-0.2, 0) is 11.8 Å². The number of aromatic nitrogens is 1. The summed E-state index contributed by atoms with van der Waals surface area (Å²) in [5.74, 6) is -2.02. The van der Waals surface area contributed by atoms with Gasteiger partial charge in [0.05, 0.1) is 13.0 Å². The normalized spacial score (nSPS) is 18.9. The summed E-state index contributed by atoms with van der Waals surface area (Å²) in [6.07, 6.45) is 1.17. The Hall–Kier alpha value is -2.38. The van der Waals surface area contributed by atoms with Gasteiger partial charge in [0.2, 0.25) is 0 Å². The van der Waals surface area contributed by atoms with Crippen molar-refractivity contribution >= 4 is 17.7 Å². The third-order valence-corrected chi connectivity index (χ3v) is 3.56. The zero-order valence-electron chi connectivity index (χ0n) is 11.0. The largest absolute Gasteiger partial charge is 0.481 e. The number of nitro groups is 1. The van der Waals surface area contributed by atoms with Gasteiger partial charge in [0.25, 0.3) is 5.91 Å². The highest BCUT2D eigenvalue weighted by molar-refractivity contribution is 5.93. The molecule has 1 aliphatic heterocycles. The number of carboxylic acids is 1. The molecule has 2 rings (SSSR count). The molecule has 0 radical (unpaired) electrons. The first-order valence-electron chi connectivity index (χ1n) is 6.24. The zero-order chi connectivity index (χ0) is 14.9. The highest BCUT2D eigenvalue weighted by Crippen LogP contribution is 2.21. The van der Waals surface area contributed by atoms with Crippen LogP contribution in [0.4, 0.5) is 5.82 Å². The van der Waals surface area contributed by atoms with Crippen molar-refractivity contribution in [1.29, 1.82) is 0 Å². The topological polar surface area (TPSA) is 106 Å². The summed E-state index contributed by atoms with van der Waals surface area (Å²) in [5, 5.41) is 19.8. The molecule has 0 aromatic carbocycles. The van der Waals surface area contributed by atoms with E-state index >= 15 is 0 Å². The number of nitrogens with zero attached hydrogens (tertiary/aromatic N) is 3. The van der Waals surface area contributed by atoms with Crippen LogP contribution in [0, 0.1) is 16.0 Å². The van der Waals surface area contributed by atoms with Gasteiger partial charge in [0, 0.05) is 19.2 Å². The predicted molar refractivity (Wildman–Crippen MR) is 68.3 cm³/mol. The fraction of sp³-hybridized carbons (Fsp3) is 0.500. The first-order chi connectivity index (χ1) is 9.41. The SMILES string of the molecule is Cn1c(C(=O)N2CCC[C@@H](C(=O)O)C2)ccc1[N+](=O)[O-]. The smallest absolute Gasteiger partial charge is 0.323 e. The van der Waals surface area contributed by atoms with Gasteiger partial charge in [-0.1, -0.05) is 0 Å². The minimum absolute atomic E-state index is 0.146. The predicted octanol–water partition coefficient (Wildman–Crippen LogP) is 0.870. The van der Waals surface area contributed by atoms with E-state index in [9.17, 15) is 19.7 Å². The van der Waals surface area contributed by atoms with Crippen LogP contribution < -0.4 is 0 Å². The highest BCUT2D eigenvalue weighted by Gasteiger charge is 2.31. The van der Waals surface area contributed by atoms with Gasteiger partial charge in [-0.05, 0) is 23.8 Å². The Bertz CT molecular complexity index is 565. The number of hydrogen-bond donors (Lipinski definition) is 1. The second kappa shape index (κ2) is 5.32. The number of hydrogen-bond acceptors (Lipinski definition) is 4. The molecule has 0 spiro atoms. The third kappa shape index (κ3) is 2.49. The number of rotatable bonds is 3. The van der Waals surface area contributed by atoms with Crippen LogP contribution in [0.1, 0.15) is 23.3 Å². The molecule has 108 valence electrons. The molecular weight excluding hydrogens is 266 g/mol. The highest BCUT2D eigenvalue weighted by atomic mass is 16.6. The van der Waals surface area contributed by atoms with Crippen LogP contribution in [0.2, 0.25) is 0 Å². The van der Waals surface area contributed by atoms with Crippen molar-refractivity contribution < 1.29 is 19.6 Å². The summed E-state index contributed by atoms with van der Waals surface area (Å²) in [7, 11) is 1.45. The summed E-state index contributed by atoms with van der Waals surface area (Å²) < 4.78 is 1.21. The van der Waals surface area contributed by atoms with Gasteiger partial charge in [-0.15, -0.1) is 0 Å².